The van der Waals surface area contributed by atoms with Crippen LogP contribution in [0.2, 0.25) is 0 Å². The normalized spacial score (nSPS) is 10.9. The van der Waals surface area contributed by atoms with Crippen LogP contribution in [0.5, 0.6) is 0 Å². The van der Waals surface area contributed by atoms with Gasteiger partial charge >= 0.3 is 5.69 Å². The van der Waals surface area contributed by atoms with Crippen molar-refractivity contribution in [1.29, 1.82) is 0 Å². The fraction of sp³-hybridized carbons (Fsp3) is 0.143. The molecule has 0 bridgehead atoms. The van der Waals surface area contributed by atoms with E-state index in [1.54, 1.807) is 10.8 Å². The highest BCUT2D eigenvalue weighted by Crippen LogP contribution is 2.07. The number of nitrogens with zero attached hydrogens (tertiary/aromatic N) is 2. The van der Waals surface area contributed by atoms with Gasteiger partial charge in [-0.05, 0) is 24.1 Å². The predicted octanol–water partition coefficient (Wildman–Crippen LogP) is 1.97. The summed E-state index contributed by atoms with van der Waals surface area (Å²) in [4.78, 5) is 18.9. The molecule has 18 heavy (non-hydrogen) atoms. The number of benzene rings is 1. The van der Waals surface area contributed by atoms with Crippen LogP contribution in [0.1, 0.15) is 5.56 Å². The van der Waals surface area contributed by atoms with Crippen molar-refractivity contribution in [2.24, 2.45) is 0 Å². The molecule has 2 aromatic heterocycles. The van der Waals surface area contributed by atoms with E-state index in [1.165, 1.54) is 5.56 Å². The zero-order valence-electron chi connectivity index (χ0n) is 9.84. The first-order chi connectivity index (χ1) is 8.84. The monoisotopic (exact) mass is 239 g/mol. The van der Waals surface area contributed by atoms with E-state index in [-0.39, 0.29) is 5.69 Å². The van der Waals surface area contributed by atoms with Crippen LogP contribution >= 0.6 is 0 Å². The van der Waals surface area contributed by atoms with Gasteiger partial charge in [0, 0.05) is 12.7 Å². The number of hydrogen-bond acceptors (Lipinski definition) is 2. The molecule has 3 aromatic rings. The summed E-state index contributed by atoms with van der Waals surface area (Å²) in [5, 5.41) is 0. The Labute approximate surface area is 104 Å². The molecule has 1 N–H and O–H groups in total. The summed E-state index contributed by atoms with van der Waals surface area (Å²) in [5.74, 6) is 0. The predicted molar refractivity (Wildman–Crippen MR) is 70.5 cm³/mol. The number of imidazole rings is 1. The van der Waals surface area contributed by atoms with E-state index in [4.69, 9.17) is 0 Å². The van der Waals surface area contributed by atoms with Crippen LogP contribution in [0.25, 0.3) is 11.2 Å². The third-order valence-corrected chi connectivity index (χ3v) is 3.00. The van der Waals surface area contributed by atoms with E-state index in [0.29, 0.717) is 6.54 Å². The number of fused-ring (bicyclic) bond motifs is 1. The summed E-state index contributed by atoms with van der Waals surface area (Å²) in [6.07, 6.45) is 2.53. The Morgan fingerprint density at radius 2 is 1.94 bits per heavy atom. The molecule has 0 aliphatic carbocycles. The quantitative estimate of drug-likeness (QED) is 0.759. The van der Waals surface area contributed by atoms with Crippen molar-refractivity contribution in [3.8, 4) is 0 Å². The van der Waals surface area contributed by atoms with Gasteiger partial charge in [-0.25, -0.2) is 9.78 Å². The molecule has 1 aromatic carbocycles. The van der Waals surface area contributed by atoms with Crippen LogP contribution < -0.4 is 5.69 Å². The van der Waals surface area contributed by atoms with Crippen molar-refractivity contribution in [2.75, 3.05) is 0 Å². The molecule has 0 saturated heterocycles. The average molecular weight is 239 g/mol. The lowest BCUT2D eigenvalue weighted by atomic mass is 10.1. The smallest absolute Gasteiger partial charge is 0.304 e. The van der Waals surface area contributed by atoms with Gasteiger partial charge in [-0.3, -0.25) is 4.57 Å². The molecule has 4 nitrogen and oxygen atoms in total. The molecule has 0 amide bonds. The topological polar surface area (TPSA) is 50.7 Å². The van der Waals surface area contributed by atoms with Crippen molar-refractivity contribution in [3.05, 3.63) is 64.7 Å². The van der Waals surface area contributed by atoms with Gasteiger partial charge in [0.15, 0.2) is 5.65 Å². The lowest BCUT2D eigenvalue weighted by molar-refractivity contribution is 0.685. The maximum Gasteiger partial charge on any atom is 0.327 e. The van der Waals surface area contributed by atoms with Crippen molar-refractivity contribution < 1.29 is 0 Å². The van der Waals surface area contributed by atoms with Crippen LogP contribution in [0, 0.1) is 0 Å². The summed E-state index contributed by atoms with van der Waals surface area (Å²) in [6.45, 7) is 0.639. The summed E-state index contributed by atoms with van der Waals surface area (Å²) in [5.41, 5.74) is 2.63. The molecule has 0 fully saturated rings. The maximum atomic E-state index is 11.8. The minimum absolute atomic E-state index is 0.0976. The largest absolute Gasteiger partial charge is 0.327 e. The van der Waals surface area contributed by atoms with Gasteiger partial charge in [-0.1, -0.05) is 30.3 Å². The molecular weight excluding hydrogens is 226 g/mol. The van der Waals surface area contributed by atoms with Crippen LogP contribution in [-0.4, -0.2) is 14.5 Å². The molecule has 0 atom stereocenters. The van der Waals surface area contributed by atoms with Crippen molar-refractivity contribution in [2.45, 2.75) is 13.0 Å². The van der Waals surface area contributed by atoms with Crippen molar-refractivity contribution >= 4 is 11.2 Å². The molecule has 0 aliphatic heterocycles. The molecule has 4 heteroatoms. The summed E-state index contributed by atoms with van der Waals surface area (Å²) >= 11 is 0. The third kappa shape index (κ3) is 1.93. The average Bonchev–Trinajstić information content (AvgIpc) is 2.73. The van der Waals surface area contributed by atoms with E-state index in [1.807, 2.05) is 30.3 Å². The molecule has 0 radical (unpaired) electrons. The number of pyridine rings is 1. The summed E-state index contributed by atoms with van der Waals surface area (Å²) < 4.78 is 1.68. The maximum absolute atomic E-state index is 11.8. The lowest BCUT2D eigenvalue weighted by Crippen LogP contribution is -2.18. The Kier molecular flexibility index (Phi) is 2.68. The SMILES string of the molecule is O=c1[nH]c2cccnc2n1CCc1ccccc1. The van der Waals surface area contributed by atoms with E-state index >= 15 is 0 Å². The number of hydrogen-bond donors (Lipinski definition) is 1. The number of aryl methyl sites for hydroxylation is 2. The molecule has 0 saturated carbocycles. The summed E-state index contributed by atoms with van der Waals surface area (Å²) in [6, 6.07) is 13.8. The Hall–Kier alpha value is -2.36. The van der Waals surface area contributed by atoms with Crippen molar-refractivity contribution in [3.63, 3.8) is 0 Å². The zero-order chi connectivity index (χ0) is 12.4. The third-order valence-electron chi connectivity index (χ3n) is 3.00. The second kappa shape index (κ2) is 4.49. The molecule has 90 valence electrons. The van der Waals surface area contributed by atoms with E-state index in [9.17, 15) is 4.79 Å². The highest BCUT2D eigenvalue weighted by Gasteiger charge is 2.06. The number of aromatic nitrogens is 3. The van der Waals surface area contributed by atoms with Gasteiger partial charge in [0.2, 0.25) is 0 Å². The van der Waals surface area contributed by atoms with Crippen LogP contribution in [0.15, 0.2) is 53.5 Å². The first-order valence-electron chi connectivity index (χ1n) is 5.92. The minimum atomic E-state index is -0.0976. The van der Waals surface area contributed by atoms with E-state index < -0.39 is 0 Å². The van der Waals surface area contributed by atoms with Crippen LogP contribution in [0.4, 0.5) is 0 Å². The van der Waals surface area contributed by atoms with Gasteiger partial charge in [0.25, 0.3) is 0 Å². The summed E-state index contributed by atoms with van der Waals surface area (Å²) in [7, 11) is 0. The van der Waals surface area contributed by atoms with E-state index in [0.717, 1.165) is 17.6 Å². The Balaban J connectivity index is 1.91. The van der Waals surface area contributed by atoms with Crippen LogP contribution in [0.3, 0.4) is 0 Å². The van der Waals surface area contributed by atoms with Gasteiger partial charge in [-0.2, -0.15) is 0 Å². The fourth-order valence-corrected chi connectivity index (χ4v) is 2.08. The lowest BCUT2D eigenvalue weighted by Gasteiger charge is -2.02. The number of H-pyrrole nitrogens is 1. The van der Waals surface area contributed by atoms with E-state index in [2.05, 4.69) is 22.1 Å². The van der Waals surface area contributed by atoms with Gasteiger partial charge in [-0.15, -0.1) is 0 Å². The van der Waals surface area contributed by atoms with Gasteiger partial charge in [0.05, 0.1) is 5.52 Å². The Bertz CT molecular complexity index is 712. The molecule has 0 spiro atoms. The Morgan fingerprint density at radius 3 is 2.78 bits per heavy atom. The van der Waals surface area contributed by atoms with Gasteiger partial charge in [0.1, 0.15) is 0 Å². The molecule has 2 heterocycles. The molecule has 0 unspecified atom stereocenters. The second-order valence-corrected chi connectivity index (χ2v) is 4.19. The minimum Gasteiger partial charge on any atom is -0.304 e. The molecular formula is C14H13N3O. The fourth-order valence-electron chi connectivity index (χ4n) is 2.08. The first-order valence-corrected chi connectivity index (χ1v) is 5.92. The highest BCUT2D eigenvalue weighted by molar-refractivity contribution is 5.69. The molecule has 3 rings (SSSR count). The second-order valence-electron chi connectivity index (χ2n) is 4.19. The first kappa shape index (κ1) is 10.8. The van der Waals surface area contributed by atoms with Gasteiger partial charge < -0.3 is 4.98 Å². The Morgan fingerprint density at radius 1 is 1.11 bits per heavy atom. The van der Waals surface area contributed by atoms with Crippen molar-refractivity contribution in [1.82, 2.24) is 14.5 Å². The number of rotatable bonds is 3. The number of nitrogens with one attached hydrogen (secondary N) is 1. The highest BCUT2D eigenvalue weighted by atomic mass is 16.1. The molecule has 0 aliphatic rings. The number of aromatic amines is 1. The standard InChI is InChI=1S/C14H13N3O/c18-14-16-12-7-4-9-15-13(12)17(14)10-8-11-5-2-1-3-6-11/h1-7,9H,8,10H2,(H,16,18). The zero-order valence-corrected chi connectivity index (χ0v) is 9.84. The van der Waals surface area contributed by atoms with Crippen LogP contribution in [-0.2, 0) is 13.0 Å².